The van der Waals surface area contributed by atoms with Crippen LogP contribution in [0.15, 0.2) is 0 Å². The van der Waals surface area contributed by atoms with Gasteiger partial charge >= 0.3 is 5.97 Å². The lowest BCUT2D eigenvalue weighted by Crippen LogP contribution is -2.44. The van der Waals surface area contributed by atoms with Gasteiger partial charge in [-0.05, 0) is 26.7 Å². The minimum Gasteiger partial charge on any atom is -0.459 e. The van der Waals surface area contributed by atoms with E-state index >= 15 is 0 Å². The Labute approximate surface area is 120 Å². The van der Waals surface area contributed by atoms with Crippen molar-refractivity contribution in [2.45, 2.75) is 98.5 Å². The van der Waals surface area contributed by atoms with Crippen molar-refractivity contribution in [2.24, 2.45) is 5.41 Å². The second-order valence-electron chi connectivity index (χ2n) is 6.42. The molecule has 2 nitrogen and oxygen atoms in total. The predicted octanol–water partition coefficient (Wildman–Crippen LogP) is 5.50. The van der Waals surface area contributed by atoms with E-state index in [9.17, 15) is 4.79 Å². The molecule has 0 rings (SSSR count). The molecule has 0 heterocycles. The molecule has 0 aromatic carbocycles. The van der Waals surface area contributed by atoms with Crippen molar-refractivity contribution >= 4 is 5.97 Å². The van der Waals surface area contributed by atoms with Gasteiger partial charge in [-0.15, -0.1) is 0 Å². The highest BCUT2D eigenvalue weighted by molar-refractivity contribution is 5.69. The summed E-state index contributed by atoms with van der Waals surface area (Å²) in [5.74, 6) is -0.0874. The van der Waals surface area contributed by atoms with Gasteiger partial charge < -0.3 is 4.74 Å². The van der Waals surface area contributed by atoms with Crippen LogP contribution in [0.1, 0.15) is 92.9 Å². The number of carbonyl (C=O) groups excluding carboxylic acids is 1. The molecule has 0 aliphatic rings. The lowest BCUT2D eigenvalue weighted by molar-refractivity contribution is -0.170. The molecule has 0 aliphatic carbocycles. The summed E-state index contributed by atoms with van der Waals surface area (Å²) in [4.78, 5) is 11.6. The highest BCUT2D eigenvalue weighted by atomic mass is 16.6. The molecule has 0 aromatic rings. The molecule has 0 spiro atoms. The van der Waals surface area contributed by atoms with Crippen molar-refractivity contribution < 1.29 is 9.53 Å². The maximum Gasteiger partial charge on any atom is 0.306 e. The third-order valence-corrected chi connectivity index (χ3v) is 4.72. The van der Waals surface area contributed by atoms with Crippen LogP contribution >= 0.6 is 0 Å². The SMILES string of the molecule is CCCCCCCC(C)(CC)C(C)(C)OC(=O)CC. The van der Waals surface area contributed by atoms with Crippen molar-refractivity contribution in [1.29, 1.82) is 0 Å². The smallest absolute Gasteiger partial charge is 0.306 e. The number of hydrogen-bond acceptors (Lipinski definition) is 2. The first kappa shape index (κ1) is 18.5. The third kappa shape index (κ3) is 5.97. The molecule has 0 aliphatic heterocycles. The molecule has 0 saturated carbocycles. The molecule has 19 heavy (non-hydrogen) atoms. The van der Waals surface area contributed by atoms with Crippen LogP contribution in [-0.4, -0.2) is 11.6 Å². The predicted molar refractivity (Wildman–Crippen MR) is 82.2 cm³/mol. The molecule has 114 valence electrons. The largest absolute Gasteiger partial charge is 0.459 e. The average molecular weight is 270 g/mol. The first-order valence-electron chi connectivity index (χ1n) is 8.04. The Morgan fingerprint density at radius 1 is 0.947 bits per heavy atom. The number of carbonyl (C=O) groups is 1. The molecule has 2 heteroatoms. The Bertz CT molecular complexity index is 258. The summed E-state index contributed by atoms with van der Waals surface area (Å²) in [6.45, 7) is 12.7. The first-order chi connectivity index (χ1) is 8.83. The van der Waals surface area contributed by atoms with Crippen LogP contribution in [0.5, 0.6) is 0 Å². The van der Waals surface area contributed by atoms with Gasteiger partial charge in [0, 0.05) is 11.8 Å². The van der Waals surface area contributed by atoms with E-state index in [1.165, 1.54) is 32.1 Å². The second kappa shape index (κ2) is 8.60. The number of ether oxygens (including phenoxy) is 1. The Morgan fingerprint density at radius 2 is 1.53 bits per heavy atom. The quantitative estimate of drug-likeness (QED) is 0.387. The van der Waals surface area contributed by atoms with Gasteiger partial charge in [0.15, 0.2) is 0 Å². The van der Waals surface area contributed by atoms with Crippen molar-refractivity contribution in [2.75, 3.05) is 0 Å². The molecule has 0 fully saturated rings. The molecular formula is C17H34O2. The van der Waals surface area contributed by atoms with Gasteiger partial charge in [-0.3, -0.25) is 4.79 Å². The van der Waals surface area contributed by atoms with E-state index in [4.69, 9.17) is 4.74 Å². The number of esters is 1. The summed E-state index contributed by atoms with van der Waals surface area (Å²) < 4.78 is 5.68. The fourth-order valence-corrected chi connectivity index (χ4v) is 2.50. The van der Waals surface area contributed by atoms with E-state index in [2.05, 4.69) is 34.6 Å². The van der Waals surface area contributed by atoms with Crippen LogP contribution in [-0.2, 0) is 9.53 Å². The van der Waals surface area contributed by atoms with Crippen molar-refractivity contribution in [3.8, 4) is 0 Å². The van der Waals surface area contributed by atoms with Crippen LogP contribution in [0.25, 0.3) is 0 Å². The molecular weight excluding hydrogens is 236 g/mol. The maximum atomic E-state index is 11.6. The number of rotatable bonds is 10. The summed E-state index contributed by atoms with van der Waals surface area (Å²) in [5, 5.41) is 0. The van der Waals surface area contributed by atoms with Gasteiger partial charge in [-0.2, -0.15) is 0 Å². The average Bonchev–Trinajstić information content (AvgIpc) is 2.37. The van der Waals surface area contributed by atoms with E-state index in [1.807, 2.05) is 6.92 Å². The normalized spacial score (nSPS) is 15.1. The summed E-state index contributed by atoms with van der Waals surface area (Å²) >= 11 is 0. The minimum atomic E-state index is -0.375. The lowest BCUT2D eigenvalue weighted by Gasteiger charge is -2.43. The first-order valence-corrected chi connectivity index (χ1v) is 8.04. The van der Waals surface area contributed by atoms with Gasteiger partial charge in [0.25, 0.3) is 0 Å². The van der Waals surface area contributed by atoms with Crippen LogP contribution in [0.3, 0.4) is 0 Å². The molecule has 0 aromatic heterocycles. The van der Waals surface area contributed by atoms with Gasteiger partial charge in [-0.25, -0.2) is 0 Å². The molecule has 0 bridgehead atoms. The summed E-state index contributed by atoms with van der Waals surface area (Å²) in [7, 11) is 0. The van der Waals surface area contributed by atoms with Crippen LogP contribution in [0.2, 0.25) is 0 Å². The maximum absolute atomic E-state index is 11.6. The topological polar surface area (TPSA) is 26.3 Å². The van der Waals surface area contributed by atoms with Crippen molar-refractivity contribution in [1.82, 2.24) is 0 Å². The number of unbranched alkanes of at least 4 members (excludes halogenated alkanes) is 4. The van der Waals surface area contributed by atoms with E-state index in [1.54, 1.807) is 0 Å². The zero-order valence-electron chi connectivity index (χ0n) is 14.0. The summed E-state index contributed by atoms with van der Waals surface area (Å²) in [6.07, 6.45) is 9.10. The molecule has 0 radical (unpaired) electrons. The Balaban J connectivity index is 4.43. The van der Waals surface area contributed by atoms with E-state index in [0.29, 0.717) is 6.42 Å². The second-order valence-corrected chi connectivity index (χ2v) is 6.42. The van der Waals surface area contributed by atoms with Gasteiger partial charge in [0.05, 0.1) is 0 Å². The van der Waals surface area contributed by atoms with Crippen LogP contribution in [0, 0.1) is 5.41 Å². The fourth-order valence-electron chi connectivity index (χ4n) is 2.50. The van der Waals surface area contributed by atoms with Crippen LogP contribution in [0.4, 0.5) is 0 Å². The fraction of sp³-hybridized carbons (Fsp3) is 0.941. The zero-order chi connectivity index (χ0) is 14.9. The Kier molecular flexibility index (Phi) is 8.36. The Morgan fingerprint density at radius 3 is 2.00 bits per heavy atom. The van der Waals surface area contributed by atoms with Crippen LogP contribution < -0.4 is 0 Å². The van der Waals surface area contributed by atoms with Crippen molar-refractivity contribution in [3.05, 3.63) is 0 Å². The summed E-state index contributed by atoms with van der Waals surface area (Å²) in [5.41, 5.74) is -0.302. The minimum absolute atomic E-state index is 0.0735. The summed E-state index contributed by atoms with van der Waals surface area (Å²) in [6, 6.07) is 0. The standard InChI is InChI=1S/C17H34O2/c1-7-10-11-12-13-14-17(6,9-3)16(4,5)19-15(18)8-2/h7-14H2,1-6H3. The van der Waals surface area contributed by atoms with E-state index < -0.39 is 0 Å². The molecule has 0 amide bonds. The molecule has 0 N–H and O–H groups in total. The van der Waals surface area contributed by atoms with Gasteiger partial charge in [0.2, 0.25) is 0 Å². The lowest BCUT2D eigenvalue weighted by atomic mass is 9.70. The monoisotopic (exact) mass is 270 g/mol. The highest BCUT2D eigenvalue weighted by Crippen LogP contribution is 2.42. The van der Waals surface area contributed by atoms with Crippen molar-refractivity contribution in [3.63, 3.8) is 0 Å². The van der Waals surface area contributed by atoms with E-state index in [-0.39, 0.29) is 17.0 Å². The number of hydrogen-bond donors (Lipinski definition) is 0. The van der Waals surface area contributed by atoms with E-state index in [0.717, 1.165) is 12.8 Å². The molecule has 0 saturated heterocycles. The van der Waals surface area contributed by atoms with Gasteiger partial charge in [0.1, 0.15) is 5.60 Å². The Hall–Kier alpha value is -0.530. The highest BCUT2D eigenvalue weighted by Gasteiger charge is 2.41. The zero-order valence-corrected chi connectivity index (χ0v) is 14.0. The third-order valence-electron chi connectivity index (χ3n) is 4.72. The van der Waals surface area contributed by atoms with Gasteiger partial charge in [-0.1, -0.05) is 59.8 Å². The molecule has 1 atom stereocenters. The molecule has 1 unspecified atom stereocenters.